The summed E-state index contributed by atoms with van der Waals surface area (Å²) in [6, 6.07) is 2.71. The molecular formula is C11H10F2O2. The van der Waals surface area contributed by atoms with Crippen molar-refractivity contribution < 1.29 is 18.3 Å². The number of hydrogen-bond acceptors (Lipinski definition) is 2. The molecule has 0 bridgehead atoms. The van der Waals surface area contributed by atoms with E-state index in [1.165, 1.54) is 0 Å². The molecular weight excluding hydrogens is 202 g/mol. The summed E-state index contributed by atoms with van der Waals surface area (Å²) in [6.07, 6.45) is 3.31. The highest BCUT2D eigenvalue weighted by molar-refractivity contribution is 5.89. The third-order valence-corrected chi connectivity index (χ3v) is 1.70. The molecule has 4 heteroatoms. The minimum Gasteiger partial charge on any atom is -0.458 e. The summed E-state index contributed by atoms with van der Waals surface area (Å²) in [5.74, 6) is -2.44. The number of ether oxygens (including phenoxy) is 1. The third-order valence-electron chi connectivity index (χ3n) is 1.70. The molecule has 0 unspecified atom stereocenters. The van der Waals surface area contributed by atoms with Gasteiger partial charge in [0, 0.05) is 6.07 Å². The second kappa shape index (κ2) is 5.24. The summed E-state index contributed by atoms with van der Waals surface area (Å²) in [6.45, 7) is 1.85. The van der Waals surface area contributed by atoms with E-state index in [1.54, 1.807) is 19.1 Å². The number of hydrogen-bond donors (Lipinski definition) is 0. The van der Waals surface area contributed by atoms with Crippen molar-refractivity contribution in [3.63, 3.8) is 0 Å². The second-order valence-electron chi connectivity index (χ2n) is 2.79. The lowest BCUT2D eigenvalue weighted by Crippen LogP contribution is -2.07. The maximum absolute atomic E-state index is 13.1. The van der Waals surface area contributed by atoms with Crippen molar-refractivity contribution in [3.8, 4) is 0 Å². The number of carbonyl (C=O) groups excluding carboxylic acids is 1. The quantitative estimate of drug-likeness (QED) is 0.568. The second-order valence-corrected chi connectivity index (χ2v) is 2.79. The molecule has 0 saturated heterocycles. The van der Waals surface area contributed by atoms with Crippen LogP contribution < -0.4 is 0 Å². The van der Waals surface area contributed by atoms with Gasteiger partial charge in [-0.25, -0.2) is 13.6 Å². The van der Waals surface area contributed by atoms with Crippen molar-refractivity contribution in [2.45, 2.75) is 6.92 Å². The van der Waals surface area contributed by atoms with Gasteiger partial charge in [-0.05, 0) is 19.1 Å². The summed E-state index contributed by atoms with van der Waals surface area (Å²) in [7, 11) is 0. The van der Waals surface area contributed by atoms with E-state index in [1.807, 2.05) is 0 Å². The fraction of sp³-hybridized carbons (Fsp3) is 0.182. The number of carbonyl (C=O) groups is 1. The Morgan fingerprint density at radius 1 is 1.47 bits per heavy atom. The van der Waals surface area contributed by atoms with E-state index < -0.39 is 17.6 Å². The normalized spacial score (nSPS) is 10.6. The molecule has 0 aliphatic heterocycles. The van der Waals surface area contributed by atoms with E-state index in [0.29, 0.717) is 6.07 Å². The molecule has 0 saturated carbocycles. The predicted octanol–water partition coefficient (Wildman–Crippen LogP) is 2.70. The maximum Gasteiger partial charge on any atom is 0.341 e. The Hall–Kier alpha value is -1.71. The third kappa shape index (κ3) is 3.16. The van der Waals surface area contributed by atoms with Gasteiger partial charge in [-0.1, -0.05) is 12.2 Å². The van der Waals surface area contributed by atoms with E-state index >= 15 is 0 Å². The van der Waals surface area contributed by atoms with Crippen molar-refractivity contribution in [2.75, 3.05) is 6.61 Å². The van der Waals surface area contributed by atoms with Gasteiger partial charge in [-0.15, -0.1) is 0 Å². The van der Waals surface area contributed by atoms with Gasteiger partial charge in [-0.3, -0.25) is 0 Å². The van der Waals surface area contributed by atoms with Crippen LogP contribution in [0.25, 0.3) is 0 Å². The van der Waals surface area contributed by atoms with Gasteiger partial charge in [0.2, 0.25) is 0 Å². The topological polar surface area (TPSA) is 26.3 Å². The van der Waals surface area contributed by atoms with Gasteiger partial charge in [0.1, 0.15) is 18.2 Å². The molecule has 15 heavy (non-hydrogen) atoms. The first-order valence-electron chi connectivity index (χ1n) is 4.38. The zero-order valence-corrected chi connectivity index (χ0v) is 8.17. The average Bonchev–Trinajstić information content (AvgIpc) is 2.17. The molecule has 0 fully saturated rings. The lowest BCUT2D eigenvalue weighted by Gasteiger charge is -2.02. The van der Waals surface area contributed by atoms with Crippen LogP contribution in [0, 0.1) is 11.6 Å². The molecule has 0 N–H and O–H groups in total. The van der Waals surface area contributed by atoms with E-state index in [0.717, 1.165) is 12.1 Å². The molecule has 0 radical (unpaired) electrons. The number of esters is 1. The summed E-state index contributed by atoms with van der Waals surface area (Å²) in [5.41, 5.74) is -0.263. The zero-order chi connectivity index (χ0) is 11.3. The van der Waals surface area contributed by atoms with Gasteiger partial charge in [0.05, 0.1) is 5.56 Å². The minimum absolute atomic E-state index is 0.0755. The first kappa shape index (κ1) is 11.4. The molecule has 0 heterocycles. The molecule has 1 aromatic carbocycles. The molecule has 0 aliphatic carbocycles. The number of rotatable bonds is 3. The van der Waals surface area contributed by atoms with Gasteiger partial charge in [-0.2, -0.15) is 0 Å². The molecule has 0 amide bonds. The van der Waals surface area contributed by atoms with E-state index in [2.05, 4.69) is 0 Å². The smallest absolute Gasteiger partial charge is 0.341 e. The summed E-state index contributed by atoms with van der Waals surface area (Å²) < 4.78 is 30.3. The molecule has 1 rings (SSSR count). The van der Waals surface area contributed by atoms with Crippen molar-refractivity contribution in [2.24, 2.45) is 0 Å². The highest BCUT2D eigenvalue weighted by Gasteiger charge is 2.12. The number of benzene rings is 1. The summed E-state index contributed by atoms with van der Waals surface area (Å²) in [4.78, 5) is 11.2. The molecule has 0 aromatic heterocycles. The Kier molecular flexibility index (Phi) is 3.97. The highest BCUT2D eigenvalue weighted by Crippen LogP contribution is 2.10. The summed E-state index contributed by atoms with van der Waals surface area (Å²) >= 11 is 0. The SMILES string of the molecule is CC=CCOC(=O)c1ccc(F)cc1F. The number of allylic oxidation sites excluding steroid dienone is 1. The Morgan fingerprint density at radius 2 is 2.20 bits per heavy atom. The van der Waals surface area contributed by atoms with Crippen LogP contribution in [0.4, 0.5) is 8.78 Å². The van der Waals surface area contributed by atoms with Gasteiger partial charge < -0.3 is 4.74 Å². The molecule has 2 nitrogen and oxygen atoms in total. The highest BCUT2D eigenvalue weighted by atomic mass is 19.1. The lowest BCUT2D eigenvalue weighted by molar-refractivity contribution is 0.0544. The van der Waals surface area contributed by atoms with Gasteiger partial charge >= 0.3 is 5.97 Å². The first-order valence-corrected chi connectivity index (χ1v) is 4.38. The Balaban J connectivity index is 2.73. The first-order chi connectivity index (χ1) is 7.15. The Labute approximate surface area is 86.2 Å². The Bertz CT molecular complexity index is 386. The standard InChI is InChI=1S/C11H10F2O2/c1-2-3-6-15-11(14)9-5-4-8(12)7-10(9)13/h2-5,7H,6H2,1H3. The molecule has 80 valence electrons. The van der Waals surface area contributed by atoms with Crippen LogP contribution in [0.2, 0.25) is 0 Å². The Morgan fingerprint density at radius 3 is 2.80 bits per heavy atom. The van der Waals surface area contributed by atoms with Crippen LogP contribution in [-0.2, 0) is 4.74 Å². The molecule has 0 aliphatic rings. The number of halogens is 2. The fourth-order valence-electron chi connectivity index (χ4n) is 0.953. The van der Waals surface area contributed by atoms with Gasteiger partial charge in [0.25, 0.3) is 0 Å². The average molecular weight is 212 g/mol. The van der Waals surface area contributed by atoms with Crippen molar-refractivity contribution in [1.29, 1.82) is 0 Å². The predicted molar refractivity (Wildman–Crippen MR) is 51.5 cm³/mol. The van der Waals surface area contributed by atoms with E-state index in [4.69, 9.17) is 4.74 Å². The van der Waals surface area contributed by atoms with Crippen LogP contribution in [0.5, 0.6) is 0 Å². The van der Waals surface area contributed by atoms with E-state index in [-0.39, 0.29) is 12.2 Å². The van der Waals surface area contributed by atoms with Crippen LogP contribution in [0.3, 0.4) is 0 Å². The monoisotopic (exact) mass is 212 g/mol. The van der Waals surface area contributed by atoms with Crippen molar-refractivity contribution in [1.82, 2.24) is 0 Å². The van der Waals surface area contributed by atoms with Crippen LogP contribution in [-0.4, -0.2) is 12.6 Å². The molecule has 0 atom stereocenters. The van der Waals surface area contributed by atoms with Crippen LogP contribution in [0.15, 0.2) is 30.4 Å². The summed E-state index contributed by atoms with van der Waals surface area (Å²) in [5, 5.41) is 0. The van der Waals surface area contributed by atoms with Crippen molar-refractivity contribution in [3.05, 3.63) is 47.5 Å². The molecule has 0 spiro atoms. The van der Waals surface area contributed by atoms with Gasteiger partial charge in [0.15, 0.2) is 0 Å². The van der Waals surface area contributed by atoms with E-state index in [9.17, 15) is 13.6 Å². The fourth-order valence-corrected chi connectivity index (χ4v) is 0.953. The maximum atomic E-state index is 13.1. The lowest BCUT2D eigenvalue weighted by atomic mass is 10.2. The molecule has 1 aromatic rings. The van der Waals surface area contributed by atoms with Crippen LogP contribution >= 0.6 is 0 Å². The zero-order valence-electron chi connectivity index (χ0n) is 8.17. The minimum atomic E-state index is -0.916. The van der Waals surface area contributed by atoms with Crippen molar-refractivity contribution >= 4 is 5.97 Å². The largest absolute Gasteiger partial charge is 0.458 e. The van der Waals surface area contributed by atoms with Crippen LogP contribution in [0.1, 0.15) is 17.3 Å².